The highest BCUT2D eigenvalue weighted by Gasteiger charge is 2.51. The predicted molar refractivity (Wildman–Crippen MR) is 71.5 cm³/mol. The molecule has 0 bridgehead atoms. The molecule has 2 unspecified atom stereocenters. The SMILES string of the molecule is CC(C)(C)OC(=O)N1CCC2(C1)OCCCC2C(=O)O. The van der Waals surface area contributed by atoms with Crippen molar-refractivity contribution in [1.82, 2.24) is 4.90 Å². The molecular formula is C14H23NO5. The van der Waals surface area contributed by atoms with E-state index in [2.05, 4.69) is 0 Å². The van der Waals surface area contributed by atoms with E-state index in [1.807, 2.05) is 20.8 Å². The normalized spacial score (nSPS) is 30.6. The number of carbonyl (C=O) groups is 2. The Bertz CT molecular complexity index is 403. The monoisotopic (exact) mass is 285 g/mol. The Morgan fingerprint density at radius 2 is 2.10 bits per heavy atom. The van der Waals surface area contributed by atoms with Gasteiger partial charge in [0.2, 0.25) is 0 Å². The quantitative estimate of drug-likeness (QED) is 0.796. The van der Waals surface area contributed by atoms with Crippen LogP contribution in [-0.4, -0.2) is 53.0 Å². The highest BCUT2D eigenvalue weighted by Crippen LogP contribution is 2.39. The standard InChI is InChI=1S/C14H23NO5/c1-13(2,3)20-12(18)15-7-6-14(9-15)10(11(16)17)5-4-8-19-14/h10H,4-9H2,1-3H3,(H,16,17). The maximum absolute atomic E-state index is 12.1. The van der Waals surface area contributed by atoms with Gasteiger partial charge in [-0.1, -0.05) is 0 Å². The number of amides is 1. The minimum absolute atomic E-state index is 0.304. The van der Waals surface area contributed by atoms with Gasteiger partial charge in [0.05, 0.1) is 12.5 Å². The molecule has 1 amide bonds. The third-order valence-corrected chi connectivity index (χ3v) is 3.87. The zero-order valence-electron chi connectivity index (χ0n) is 12.3. The number of hydrogen-bond donors (Lipinski definition) is 1. The number of rotatable bonds is 1. The van der Waals surface area contributed by atoms with Gasteiger partial charge in [-0.25, -0.2) is 4.79 Å². The predicted octanol–water partition coefficient (Wildman–Crippen LogP) is 1.88. The van der Waals surface area contributed by atoms with Crippen LogP contribution in [0.5, 0.6) is 0 Å². The first-order chi connectivity index (χ1) is 9.23. The average molecular weight is 285 g/mol. The van der Waals surface area contributed by atoms with E-state index in [4.69, 9.17) is 9.47 Å². The Hall–Kier alpha value is -1.30. The molecule has 2 aliphatic rings. The molecule has 0 aromatic carbocycles. The van der Waals surface area contributed by atoms with Gasteiger partial charge in [0.15, 0.2) is 0 Å². The van der Waals surface area contributed by atoms with Crippen molar-refractivity contribution in [2.24, 2.45) is 5.92 Å². The van der Waals surface area contributed by atoms with Gasteiger partial charge in [-0.3, -0.25) is 4.79 Å². The van der Waals surface area contributed by atoms with Gasteiger partial charge in [-0.2, -0.15) is 0 Å². The zero-order chi connectivity index (χ0) is 15.0. The average Bonchev–Trinajstić information content (AvgIpc) is 2.72. The number of likely N-dealkylation sites (tertiary alicyclic amines) is 1. The van der Waals surface area contributed by atoms with Gasteiger partial charge in [0, 0.05) is 13.2 Å². The number of hydrogen-bond acceptors (Lipinski definition) is 4. The Morgan fingerprint density at radius 3 is 2.70 bits per heavy atom. The highest BCUT2D eigenvalue weighted by molar-refractivity contribution is 5.73. The van der Waals surface area contributed by atoms with Crippen LogP contribution in [0.25, 0.3) is 0 Å². The number of carboxylic acid groups (broad SMARTS) is 1. The Balaban J connectivity index is 2.06. The fraction of sp³-hybridized carbons (Fsp3) is 0.857. The van der Waals surface area contributed by atoms with E-state index in [0.29, 0.717) is 32.5 Å². The first kappa shape index (κ1) is 15.1. The minimum Gasteiger partial charge on any atom is -0.481 e. The van der Waals surface area contributed by atoms with Gasteiger partial charge in [0.25, 0.3) is 0 Å². The van der Waals surface area contributed by atoms with E-state index >= 15 is 0 Å². The number of carboxylic acids is 1. The highest BCUT2D eigenvalue weighted by atomic mass is 16.6. The van der Waals surface area contributed by atoms with Crippen molar-refractivity contribution in [2.45, 2.75) is 51.2 Å². The smallest absolute Gasteiger partial charge is 0.410 e. The van der Waals surface area contributed by atoms with Crippen LogP contribution in [0.4, 0.5) is 4.79 Å². The molecule has 2 saturated heterocycles. The molecule has 20 heavy (non-hydrogen) atoms. The first-order valence-electron chi connectivity index (χ1n) is 7.08. The van der Waals surface area contributed by atoms with Crippen LogP contribution < -0.4 is 0 Å². The van der Waals surface area contributed by atoms with Crippen LogP contribution in [-0.2, 0) is 14.3 Å². The first-order valence-corrected chi connectivity index (χ1v) is 7.08. The summed E-state index contributed by atoms with van der Waals surface area (Å²) in [5, 5.41) is 9.36. The van der Waals surface area contributed by atoms with Crippen molar-refractivity contribution in [2.75, 3.05) is 19.7 Å². The molecule has 0 aromatic heterocycles. The van der Waals surface area contributed by atoms with Crippen LogP contribution in [0.1, 0.15) is 40.0 Å². The van der Waals surface area contributed by atoms with E-state index < -0.39 is 29.2 Å². The summed E-state index contributed by atoms with van der Waals surface area (Å²) in [6.45, 7) is 6.79. The summed E-state index contributed by atoms with van der Waals surface area (Å²) in [5.41, 5.74) is -1.28. The van der Waals surface area contributed by atoms with E-state index in [9.17, 15) is 14.7 Å². The fourth-order valence-electron chi connectivity index (χ4n) is 2.96. The molecule has 6 heteroatoms. The van der Waals surface area contributed by atoms with Gasteiger partial charge >= 0.3 is 12.1 Å². The van der Waals surface area contributed by atoms with Gasteiger partial charge in [-0.15, -0.1) is 0 Å². The molecule has 0 aromatic rings. The van der Waals surface area contributed by atoms with E-state index in [-0.39, 0.29) is 0 Å². The Labute approximate surface area is 119 Å². The molecule has 114 valence electrons. The Morgan fingerprint density at radius 1 is 1.40 bits per heavy atom. The molecule has 2 atom stereocenters. The molecular weight excluding hydrogens is 262 g/mol. The topological polar surface area (TPSA) is 76.1 Å². The van der Waals surface area contributed by atoms with Crippen molar-refractivity contribution >= 4 is 12.1 Å². The second-order valence-electron chi connectivity index (χ2n) is 6.60. The van der Waals surface area contributed by atoms with Crippen molar-refractivity contribution in [3.05, 3.63) is 0 Å². The second kappa shape index (κ2) is 5.24. The van der Waals surface area contributed by atoms with Crippen molar-refractivity contribution in [3.63, 3.8) is 0 Å². The van der Waals surface area contributed by atoms with Crippen molar-refractivity contribution in [1.29, 1.82) is 0 Å². The van der Waals surface area contributed by atoms with Crippen LogP contribution in [0.2, 0.25) is 0 Å². The summed E-state index contributed by atoms with van der Waals surface area (Å²) in [4.78, 5) is 25.0. The van der Waals surface area contributed by atoms with Gasteiger partial charge in [0.1, 0.15) is 11.2 Å². The molecule has 0 saturated carbocycles. The largest absolute Gasteiger partial charge is 0.481 e. The molecule has 0 aliphatic carbocycles. The number of carbonyl (C=O) groups excluding carboxylic acids is 1. The maximum atomic E-state index is 12.1. The van der Waals surface area contributed by atoms with Gasteiger partial charge < -0.3 is 19.5 Å². The van der Waals surface area contributed by atoms with E-state index in [1.165, 1.54) is 0 Å². The molecule has 2 aliphatic heterocycles. The zero-order valence-corrected chi connectivity index (χ0v) is 12.3. The summed E-state index contributed by atoms with van der Waals surface area (Å²) in [6.07, 6.45) is 1.53. The third kappa shape index (κ3) is 3.06. The van der Waals surface area contributed by atoms with Crippen LogP contribution in [0, 0.1) is 5.92 Å². The summed E-state index contributed by atoms with van der Waals surface area (Å²) in [5.74, 6) is -1.38. The Kier molecular flexibility index (Phi) is 3.95. The lowest BCUT2D eigenvalue weighted by atomic mass is 9.81. The maximum Gasteiger partial charge on any atom is 0.410 e. The van der Waals surface area contributed by atoms with Gasteiger partial charge in [-0.05, 0) is 40.0 Å². The number of ether oxygens (including phenoxy) is 2. The lowest BCUT2D eigenvalue weighted by Gasteiger charge is -2.38. The molecule has 6 nitrogen and oxygen atoms in total. The fourth-order valence-corrected chi connectivity index (χ4v) is 2.96. The second-order valence-corrected chi connectivity index (χ2v) is 6.60. The molecule has 2 rings (SSSR count). The lowest BCUT2D eigenvalue weighted by molar-refractivity contribution is -0.165. The van der Waals surface area contributed by atoms with Crippen LogP contribution >= 0.6 is 0 Å². The molecule has 1 spiro atoms. The van der Waals surface area contributed by atoms with Crippen LogP contribution in [0.15, 0.2) is 0 Å². The summed E-state index contributed by atoms with van der Waals surface area (Å²) < 4.78 is 11.1. The van der Waals surface area contributed by atoms with Crippen molar-refractivity contribution in [3.8, 4) is 0 Å². The molecule has 2 fully saturated rings. The number of aliphatic carboxylic acids is 1. The summed E-state index contributed by atoms with van der Waals surface area (Å²) in [6, 6.07) is 0. The van der Waals surface area contributed by atoms with E-state index in [0.717, 1.165) is 6.42 Å². The number of nitrogens with zero attached hydrogens (tertiary/aromatic N) is 1. The molecule has 2 heterocycles. The van der Waals surface area contributed by atoms with Crippen molar-refractivity contribution < 1.29 is 24.2 Å². The lowest BCUT2D eigenvalue weighted by Crippen LogP contribution is -2.50. The van der Waals surface area contributed by atoms with E-state index in [1.54, 1.807) is 4.90 Å². The third-order valence-electron chi connectivity index (χ3n) is 3.87. The summed E-state index contributed by atoms with van der Waals surface area (Å²) >= 11 is 0. The minimum atomic E-state index is -0.837. The molecule has 1 N–H and O–H groups in total. The molecule has 0 radical (unpaired) electrons. The summed E-state index contributed by atoms with van der Waals surface area (Å²) in [7, 11) is 0. The van der Waals surface area contributed by atoms with Crippen LogP contribution in [0.3, 0.4) is 0 Å².